The molecule has 1 aliphatic rings. The SMILES string of the molecule is CCC(O)C(O)CCOCC1CO1. The summed E-state index contributed by atoms with van der Waals surface area (Å²) in [6, 6.07) is 0. The molecule has 0 aliphatic carbocycles. The van der Waals surface area contributed by atoms with Gasteiger partial charge >= 0.3 is 0 Å². The van der Waals surface area contributed by atoms with Crippen LogP contribution in [0.25, 0.3) is 0 Å². The smallest absolute Gasteiger partial charge is 0.104 e. The lowest BCUT2D eigenvalue weighted by atomic mass is 10.1. The van der Waals surface area contributed by atoms with Crippen LogP contribution in [0, 0.1) is 0 Å². The van der Waals surface area contributed by atoms with Crippen LogP contribution in [0.4, 0.5) is 0 Å². The van der Waals surface area contributed by atoms with E-state index in [4.69, 9.17) is 9.47 Å². The van der Waals surface area contributed by atoms with E-state index in [-0.39, 0.29) is 6.10 Å². The van der Waals surface area contributed by atoms with Gasteiger partial charge in [0.25, 0.3) is 0 Å². The van der Waals surface area contributed by atoms with Crippen LogP contribution >= 0.6 is 0 Å². The molecular formula is C9H18O4. The van der Waals surface area contributed by atoms with Gasteiger partial charge in [-0.3, -0.25) is 0 Å². The van der Waals surface area contributed by atoms with Crippen molar-refractivity contribution < 1.29 is 19.7 Å². The first-order valence-corrected chi connectivity index (χ1v) is 4.79. The van der Waals surface area contributed by atoms with E-state index in [0.717, 1.165) is 6.61 Å². The van der Waals surface area contributed by atoms with Gasteiger partial charge in [0.05, 0.1) is 25.4 Å². The fourth-order valence-electron chi connectivity index (χ4n) is 1.05. The Balaban J connectivity index is 1.90. The molecule has 1 fully saturated rings. The second-order valence-corrected chi connectivity index (χ2v) is 3.36. The maximum atomic E-state index is 9.34. The van der Waals surface area contributed by atoms with Crippen molar-refractivity contribution in [1.82, 2.24) is 0 Å². The summed E-state index contributed by atoms with van der Waals surface area (Å²) in [6.07, 6.45) is 0.0494. The highest BCUT2D eigenvalue weighted by molar-refractivity contribution is 4.68. The number of epoxide rings is 1. The van der Waals surface area contributed by atoms with Crippen LogP contribution in [-0.2, 0) is 9.47 Å². The molecule has 4 nitrogen and oxygen atoms in total. The van der Waals surface area contributed by atoms with Gasteiger partial charge in [-0.15, -0.1) is 0 Å². The van der Waals surface area contributed by atoms with Crippen molar-refractivity contribution in [2.24, 2.45) is 0 Å². The van der Waals surface area contributed by atoms with E-state index in [1.54, 1.807) is 0 Å². The van der Waals surface area contributed by atoms with Crippen molar-refractivity contribution in [2.75, 3.05) is 19.8 Å². The molecule has 1 aliphatic heterocycles. The zero-order valence-corrected chi connectivity index (χ0v) is 7.98. The lowest BCUT2D eigenvalue weighted by molar-refractivity contribution is -0.00718. The van der Waals surface area contributed by atoms with Crippen LogP contribution in [0.3, 0.4) is 0 Å². The molecule has 2 N–H and O–H groups in total. The minimum atomic E-state index is -0.662. The van der Waals surface area contributed by atoms with E-state index < -0.39 is 12.2 Å². The van der Waals surface area contributed by atoms with Gasteiger partial charge < -0.3 is 19.7 Å². The predicted octanol–water partition coefficient (Wildman–Crippen LogP) is -0.0763. The van der Waals surface area contributed by atoms with Gasteiger partial charge in [-0.2, -0.15) is 0 Å². The third kappa shape index (κ3) is 4.57. The fourth-order valence-corrected chi connectivity index (χ4v) is 1.05. The summed E-state index contributed by atoms with van der Waals surface area (Å²) >= 11 is 0. The highest BCUT2D eigenvalue weighted by Gasteiger charge is 2.22. The molecule has 1 saturated heterocycles. The summed E-state index contributed by atoms with van der Waals surface area (Å²) in [5, 5.41) is 18.6. The molecule has 0 spiro atoms. The Morgan fingerprint density at radius 2 is 2.15 bits per heavy atom. The average Bonchev–Trinajstić information content (AvgIpc) is 2.94. The van der Waals surface area contributed by atoms with Gasteiger partial charge in [-0.05, 0) is 12.8 Å². The molecule has 3 atom stereocenters. The van der Waals surface area contributed by atoms with Gasteiger partial charge in [-0.25, -0.2) is 0 Å². The monoisotopic (exact) mass is 190 g/mol. The Morgan fingerprint density at radius 3 is 2.69 bits per heavy atom. The standard InChI is InChI=1S/C9H18O4/c1-2-8(10)9(11)3-4-12-5-7-6-13-7/h7-11H,2-6H2,1H3. The van der Waals surface area contributed by atoms with Crippen molar-refractivity contribution >= 4 is 0 Å². The molecule has 1 heterocycles. The Morgan fingerprint density at radius 1 is 1.46 bits per heavy atom. The summed E-state index contributed by atoms with van der Waals surface area (Å²) in [6.45, 7) is 3.72. The van der Waals surface area contributed by atoms with Crippen LogP contribution in [-0.4, -0.2) is 48.3 Å². The van der Waals surface area contributed by atoms with Crippen molar-refractivity contribution in [3.05, 3.63) is 0 Å². The number of hydrogen-bond donors (Lipinski definition) is 2. The van der Waals surface area contributed by atoms with E-state index in [0.29, 0.717) is 26.1 Å². The summed E-state index contributed by atoms with van der Waals surface area (Å²) in [5.74, 6) is 0. The number of rotatable bonds is 7. The molecule has 3 unspecified atom stereocenters. The van der Waals surface area contributed by atoms with Crippen molar-refractivity contribution in [3.8, 4) is 0 Å². The third-order valence-corrected chi connectivity index (χ3v) is 2.13. The van der Waals surface area contributed by atoms with E-state index in [9.17, 15) is 10.2 Å². The van der Waals surface area contributed by atoms with Gasteiger partial charge in [0.1, 0.15) is 6.10 Å². The molecule has 4 heteroatoms. The quantitative estimate of drug-likeness (QED) is 0.435. The second kappa shape index (κ2) is 5.54. The minimum absolute atomic E-state index is 0.272. The number of ether oxygens (including phenoxy) is 2. The predicted molar refractivity (Wildman–Crippen MR) is 47.5 cm³/mol. The summed E-state index contributed by atoms with van der Waals surface area (Å²) < 4.78 is 10.2. The third-order valence-electron chi connectivity index (χ3n) is 2.13. The molecule has 78 valence electrons. The lowest BCUT2D eigenvalue weighted by Crippen LogP contribution is -2.26. The van der Waals surface area contributed by atoms with Crippen molar-refractivity contribution in [1.29, 1.82) is 0 Å². The van der Waals surface area contributed by atoms with Crippen molar-refractivity contribution in [3.63, 3.8) is 0 Å². The topological polar surface area (TPSA) is 62.2 Å². The summed E-state index contributed by atoms with van der Waals surface area (Å²) in [5.41, 5.74) is 0. The Kier molecular flexibility index (Phi) is 4.66. The van der Waals surface area contributed by atoms with Gasteiger partial charge in [0, 0.05) is 6.61 Å². The number of aliphatic hydroxyl groups is 2. The minimum Gasteiger partial charge on any atom is -0.390 e. The number of aliphatic hydroxyl groups excluding tert-OH is 2. The maximum absolute atomic E-state index is 9.34. The highest BCUT2D eigenvalue weighted by atomic mass is 16.6. The Bertz CT molecular complexity index is 136. The first-order valence-electron chi connectivity index (χ1n) is 4.79. The Hall–Kier alpha value is -0.160. The van der Waals surface area contributed by atoms with Crippen molar-refractivity contribution in [2.45, 2.75) is 38.1 Å². The average molecular weight is 190 g/mol. The molecule has 0 aromatic rings. The highest BCUT2D eigenvalue weighted by Crippen LogP contribution is 2.09. The summed E-state index contributed by atoms with van der Waals surface area (Å²) in [4.78, 5) is 0. The van der Waals surface area contributed by atoms with E-state index in [1.807, 2.05) is 6.92 Å². The van der Waals surface area contributed by atoms with E-state index >= 15 is 0 Å². The van der Waals surface area contributed by atoms with Gasteiger partial charge in [0.2, 0.25) is 0 Å². The van der Waals surface area contributed by atoms with Crippen LogP contribution in [0.15, 0.2) is 0 Å². The zero-order valence-electron chi connectivity index (χ0n) is 7.98. The molecule has 0 radical (unpaired) electrons. The maximum Gasteiger partial charge on any atom is 0.104 e. The van der Waals surface area contributed by atoms with Crippen LogP contribution < -0.4 is 0 Å². The van der Waals surface area contributed by atoms with Gasteiger partial charge in [-0.1, -0.05) is 6.92 Å². The fraction of sp³-hybridized carbons (Fsp3) is 1.00. The zero-order chi connectivity index (χ0) is 9.68. The van der Waals surface area contributed by atoms with Gasteiger partial charge in [0.15, 0.2) is 0 Å². The molecular weight excluding hydrogens is 172 g/mol. The first-order chi connectivity index (χ1) is 6.24. The molecule has 0 amide bonds. The normalized spacial score (nSPS) is 25.6. The second-order valence-electron chi connectivity index (χ2n) is 3.36. The molecule has 1 rings (SSSR count). The van der Waals surface area contributed by atoms with E-state index in [1.165, 1.54) is 0 Å². The molecule has 0 saturated carbocycles. The lowest BCUT2D eigenvalue weighted by Gasteiger charge is -2.15. The molecule has 0 aromatic carbocycles. The number of hydrogen-bond acceptors (Lipinski definition) is 4. The molecule has 13 heavy (non-hydrogen) atoms. The van der Waals surface area contributed by atoms with Crippen LogP contribution in [0.5, 0.6) is 0 Å². The first kappa shape index (κ1) is 10.9. The Labute approximate surface area is 78.5 Å². The molecule has 0 bridgehead atoms. The summed E-state index contributed by atoms with van der Waals surface area (Å²) in [7, 11) is 0. The molecule has 0 aromatic heterocycles. The van der Waals surface area contributed by atoms with Crippen LogP contribution in [0.2, 0.25) is 0 Å². The van der Waals surface area contributed by atoms with E-state index in [2.05, 4.69) is 0 Å². The largest absolute Gasteiger partial charge is 0.390 e. The van der Waals surface area contributed by atoms with Crippen LogP contribution in [0.1, 0.15) is 19.8 Å².